The minimum absolute atomic E-state index is 0.0911. The third-order valence-electron chi connectivity index (χ3n) is 3.47. The van der Waals surface area contributed by atoms with E-state index >= 15 is 0 Å². The van der Waals surface area contributed by atoms with Crippen molar-refractivity contribution in [2.24, 2.45) is 0 Å². The van der Waals surface area contributed by atoms with Crippen LogP contribution in [0, 0.1) is 23.0 Å². The van der Waals surface area contributed by atoms with Crippen LogP contribution < -0.4 is 19.5 Å². The van der Waals surface area contributed by atoms with Gasteiger partial charge in [0.2, 0.25) is 6.79 Å². The molecule has 1 atom stereocenters. The molecule has 2 N–H and O–H groups in total. The molecule has 0 radical (unpaired) electrons. The normalized spacial score (nSPS) is 13.2. The molecule has 0 aliphatic carbocycles. The standard InChI is InChI=1S/C17H14F2N2O4/c18-13-3-10(6-20)4-14(19)17(13)21-7-11(22)8-23-12-1-2-15-16(5-12)25-9-24-15/h1-5,11,21-22H,7-9H2. The molecule has 3 rings (SSSR count). The smallest absolute Gasteiger partial charge is 0.231 e. The van der Waals surface area contributed by atoms with Gasteiger partial charge in [-0.15, -0.1) is 0 Å². The fourth-order valence-corrected chi connectivity index (χ4v) is 2.24. The summed E-state index contributed by atoms with van der Waals surface area (Å²) in [4.78, 5) is 0. The predicted octanol–water partition coefficient (Wildman–Crippen LogP) is 2.42. The Morgan fingerprint density at radius 3 is 2.64 bits per heavy atom. The Balaban J connectivity index is 1.53. The Bertz CT molecular complexity index is 800. The van der Waals surface area contributed by atoms with E-state index in [2.05, 4.69) is 5.32 Å². The number of anilines is 1. The van der Waals surface area contributed by atoms with Crippen LogP contribution >= 0.6 is 0 Å². The Morgan fingerprint density at radius 2 is 1.92 bits per heavy atom. The molecule has 2 aromatic carbocycles. The van der Waals surface area contributed by atoms with Crippen molar-refractivity contribution < 1.29 is 28.1 Å². The zero-order valence-electron chi connectivity index (χ0n) is 13.0. The molecule has 0 saturated carbocycles. The minimum Gasteiger partial charge on any atom is -0.491 e. The van der Waals surface area contributed by atoms with E-state index in [0.29, 0.717) is 17.2 Å². The molecule has 2 aromatic rings. The number of fused-ring (bicyclic) bond motifs is 1. The van der Waals surface area contributed by atoms with Crippen molar-refractivity contribution >= 4 is 5.69 Å². The lowest BCUT2D eigenvalue weighted by Crippen LogP contribution is -2.27. The van der Waals surface area contributed by atoms with Crippen molar-refractivity contribution in [3.63, 3.8) is 0 Å². The molecule has 25 heavy (non-hydrogen) atoms. The number of aliphatic hydroxyl groups excluding tert-OH is 1. The zero-order valence-corrected chi connectivity index (χ0v) is 13.0. The quantitative estimate of drug-likeness (QED) is 0.834. The number of nitriles is 1. The maximum atomic E-state index is 13.7. The van der Waals surface area contributed by atoms with E-state index in [0.717, 1.165) is 12.1 Å². The number of rotatable bonds is 6. The first-order valence-corrected chi connectivity index (χ1v) is 7.40. The Hall–Kier alpha value is -3.05. The number of nitrogens with zero attached hydrogens (tertiary/aromatic N) is 1. The summed E-state index contributed by atoms with van der Waals surface area (Å²) in [5.41, 5.74) is -0.520. The van der Waals surface area contributed by atoms with E-state index in [4.69, 9.17) is 19.5 Å². The summed E-state index contributed by atoms with van der Waals surface area (Å²) < 4.78 is 43.3. The number of halogens is 2. The maximum absolute atomic E-state index is 13.7. The van der Waals surface area contributed by atoms with Crippen LogP contribution in [-0.4, -0.2) is 31.2 Å². The monoisotopic (exact) mass is 348 g/mol. The number of benzene rings is 2. The highest BCUT2D eigenvalue weighted by Crippen LogP contribution is 2.35. The second kappa shape index (κ2) is 7.23. The van der Waals surface area contributed by atoms with Gasteiger partial charge >= 0.3 is 0 Å². The summed E-state index contributed by atoms with van der Waals surface area (Å²) >= 11 is 0. The third kappa shape index (κ3) is 3.89. The molecule has 0 bridgehead atoms. The highest BCUT2D eigenvalue weighted by atomic mass is 19.1. The van der Waals surface area contributed by atoms with Crippen molar-refractivity contribution in [3.8, 4) is 23.3 Å². The van der Waals surface area contributed by atoms with Gasteiger partial charge in [-0.3, -0.25) is 0 Å². The fourth-order valence-electron chi connectivity index (χ4n) is 2.24. The lowest BCUT2D eigenvalue weighted by atomic mass is 10.2. The Morgan fingerprint density at radius 1 is 1.20 bits per heavy atom. The molecule has 1 aliphatic rings. The second-order valence-electron chi connectivity index (χ2n) is 5.29. The van der Waals surface area contributed by atoms with Crippen molar-refractivity contribution in [1.29, 1.82) is 5.26 Å². The van der Waals surface area contributed by atoms with Gasteiger partial charge in [0, 0.05) is 12.6 Å². The fraction of sp³-hybridized carbons (Fsp3) is 0.235. The minimum atomic E-state index is -1.01. The van der Waals surface area contributed by atoms with Crippen LogP contribution in [0.2, 0.25) is 0 Å². The maximum Gasteiger partial charge on any atom is 0.231 e. The van der Waals surface area contributed by atoms with Gasteiger partial charge < -0.3 is 24.6 Å². The average molecular weight is 348 g/mol. The van der Waals surface area contributed by atoms with Crippen molar-refractivity contribution in [1.82, 2.24) is 0 Å². The van der Waals surface area contributed by atoms with E-state index in [-0.39, 0.29) is 25.5 Å². The highest BCUT2D eigenvalue weighted by molar-refractivity contribution is 5.50. The van der Waals surface area contributed by atoms with Crippen LogP contribution in [-0.2, 0) is 0 Å². The molecule has 1 aliphatic heterocycles. The van der Waals surface area contributed by atoms with Gasteiger partial charge in [-0.1, -0.05) is 0 Å². The van der Waals surface area contributed by atoms with Crippen LogP contribution in [0.4, 0.5) is 14.5 Å². The van der Waals surface area contributed by atoms with Gasteiger partial charge in [-0.05, 0) is 24.3 Å². The topological polar surface area (TPSA) is 83.7 Å². The summed E-state index contributed by atoms with van der Waals surface area (Å²) in [6.07, 6.45) is -1.01. The first kappa shape index (κ1) is 16.8. The lowest BCUT2D eigenvalue weighted by molar-refractivity contribution is 0.117. The first-order valence-electron chi connectivity index (χ1n) is 7.40. The van der Waals surface area contributed by atoms with E-state index < -0.39 is 23.4 Å². The van der Waals surface area contributed by atoms with Gasteiger partial charge in [0.25, 0.3) is 0 Å². The van der Waals surface area contributed by atoms with Crippen LogP contribution in [0.15, 0.2) is 30.3 Å². The van der Waals surface area contributed by atoms with E-state index in [1.54, 1.807) is 24.3 Å². The molecule has 1 heterocycles. The Kier molecular flexibility index (Phi) is 4.86. The van der Waals surface area contributed by atoms with E-state index in [9.17, 15) is 13.9 Å². The van der Waals surface area contributed by atoms with Gasteiger partial charge in [-0.2, -0.15) is 5.26 Å². The van der Waals surface area contributed by atoms with Crippen LogP contribution in [0.1, 0.15) is 5.56 Å². The number of hydrogen-bond donors (Lipinski definition) is 2. The summed E-state index contributed by atoms with van der Waals surface area (Å²) in [5, 5.41) is 21.0. The van der Waals surface area contributed by atoms with Crippen LogP contribution in [0.5, 0.6) is 17.2 Å². The molecule has 130 valence electrons. The largest absolute Gasteiger partial charge is 0.491 e. The molecular formula is C17H14F2N2O4. The number of hydrogen-bond acceptors (Lipinski definition) is 6. The molecule has 1 unspecified atom stereocenters. The lowest BCUT2D eigenvalue weighted by Gasteiger charge is -2.15. The highest BCUT2D eigenvalue weighted by Gasteiger charge is 2.16. The summed E-state index contributed by atoms with van der Waals surface area (Å²) in [7, 11) is 0. The van der Waals surface area contributed by atoms with Crippen molar-refractivity contribution in [3.05, 3.63) is 47.5 Å². The second-order valence-corrected chi connectivity index (χ2v) is 5.29. The molecule has 0 aromatic heterocycles. The number of nitrogens with one attached hydrogen (secondary N) is 1. The third-order valence-corrected chi connectivity index (χ3v) is 3.47. The molecule has 0 spiro atoms. The van der Waals surface area contributed by atoms with Crippen molar-refractivity contribution in [2.45, 2.75) is 6.10 Å². The molecule has 0 amide bonds. The molecule has 6 nitrogen and oxygen atoms in total. The molecule has 0 saturated heterocycles. The average Bonchev–Trinajstić information content (AvgIpc) is 3.06. The Labute approximate surface area is 142 Å². The first-order chi connectivity index (χ1) is 12.1. The van der Waals surface area contributed by atoms with Gasteiger partial charge in [0.1, 0.15) is 24.1 Å². The summed E-state index contributed by atoms with van der Waals surface area (Å²) in [5.74, 6) is -0.173. The molecule has 8 heteroatoms. The SMILES string of the molecule is N#Cc1cc(F)c(NCC(O)COc2ccc3c(c2)OCO3)c(F)c1. The van der Waals surface area contributed by atoms with Gasteiger partial charge in [0.15, 0.2) is 23.1 Å². The van der Waals surface area contributed by atoms with E-state index in [1.807, 2.05) is 0 Å². The van der Waals surface area contributed by atoms with Crippen LogP contribution in [0.3, 0.4) is 0 Å². The van der Waals surface area contributed by atoms with Crippen LogP contribution in [0.25, 0.3) is 0 Å². The van der Waals surface area contributed by atoms with Gasteiger partial charge in [0.05, 0.1) is 11.6 Å². The van der Waals surface area contributed by atoms with Gasteiger partial charge in [-0.25, -0.2) is 8.78 Å². The number of aliphatic hydroxyl groups is 1. The van der Waals surface area contributed by atoms with Crippen molar-refractivity contribution in [2.75, 3.05) is 25.3 Å². The van der Waals surface area contributed by atoms with E-state index in [1.165, 1.54) is 0 Å². The molecular weight excluding hydrogens is 334 g/mol. The zero-order chi connectivity index (χ0) is 17.8. The summed E-state index contributed by atoms with van der Waals surface area (Å²) in [6.45, 7) is -0.0799. The summed E-state index contributed by atoms with van der Waals surface area (Å²) in [6, 6.07) is 8.47. The predicted molar refractivity (Wildman–Crippen MR) is 83.6 cm³/mol. The number of ether oxygens (including phenoxy) is 3. The molecule has 0 fully saturated rings.